The molecule has 2 aromatic heterocycles. The van der Waals surface area contributed by atoms with Crippen LogP contribution in [-0.4, -0.2) is 10.1 Å². The normalized spacial score (nSPS) is 12.0. The molecular weight excluding hydrogens is 268 g/mol. The first-order valence-electron chi connectivity index (χ1n) is 6.42. The number of hydrogen-bond acceptors (Lipinski definition) is 5. The molecule has 1 aromatic carbocycles. The number of para-hydroxylation sites is 1. The van der Waals surface area contributed by atoms with Crippen molar-refractivity contribution in [3.05, 3.63) is 53.9 Å². The SMILES string of the molecule is C[C@H](O)c1ccc(Oc2c(C#N)oc3ccccc23)nc1. The van der Waals surface area contributed by atoms with Crippen molar-refractivity contribution < 1.29 is 14.3 Å². The van der Waals surface area contributed by atoms with E-state index in [0.717, 1.165) is 5.39 Å². The van der Waals surface area contributed by atoms with Crippen LogP contribution in [0.2, 0.25) is 0 Å². The Kier molecular flexibility index (Phi) is 3.30. The van der Waals surface area contributed by atoms with Gasteiger partial charge < -0.3 is 14.3 Å². The molecule has 0 fully saturated rings. The fourth-order valence-electron chi connectivity index (χ4n) is 2.00. The van der Waals surface area contributed by atoms with E-state index in [4.69, 9.17) is 14.4 Å². The lowest BCUT2D eigenvalue weighted by Crippen LogP contribution is -1.94. The Morgan fingerprint density at radius 1 is 1.29 bits per heavy atom. The minimum absolute atomic E-state index is 0.109. The van der Waals surface area contributed by atoms with Crippen LogP contribution in [0.3, 0.4) is 0 Å². The third-order valence-corrected chi connectivity index (χ3v) is 3.10. The van der Waals surface area contributed by atoms with Crippen molar-refractivity contribution in [2.45, 2.75) is 13.0 Å². The Bertz CT molecular complexity index is 814. The van der Waals surface area contributed by atoms with Crippen LogP contribution < -0.4 is 4.74 Å². The molecule has 0 saturated heterocycles. The fourth-order valence-corrected chi connectivity index (χ4v) is 2.00. The number of nitriles is 1. The molecule has 5 nitrogen and oxygen atoms in total. The number of pyridine rings is 1. The molecular formula is C16H12N2O3. The molecule has 0 spiro atoms. The first-order chi connectivity index (χ1) is 10.2. The van der Waals surface area contributed by atoms with Gasteiger partial charge in [-0.15, -0.1) is 0 Å². The van der Waals surface area contributed by atoms with Gasteiger partial charge in [-0.2, -0.15) is 5.26 Å². The number of nitrogens with zero attached hydrogens (tertiary/aromatic N) is 2. The maximum atomic E-state index is 9.46. The van der Waals surface area contributed by atoms with Gasteiger partial charge in [0, 0.05) is 12.3 Å². The van der Waals surface area contributed by atoms with Gasteiger partial charge in [-0.3, -0.25) is 0 Å². The molecule has 3 aromatic rings. The van der Waals surface area contributed by atoms with Crippen LogP contribution in [0, 0.1) is 11.3 Å². The molecule has 0 aliphatic rings. The van der Waals surface area contributed by atoms with E-state index in [0.29, 0.717) is 22.8 Å². The Balaban J connectivity index is 1.99. The lowest BCUT2D eigenvalue weighted by molar-refractivity contribution is 0.198. The lowest BCUT2D eigenvalue weighted by Gasteiger charge is -2.06. The van der Waals surface area contributed by atoms with Crippen LogP contribution in [-0.2, 0) is 0 Å². The summed E-state index contributed by atoms with van der Waals surface area (Å²) in [6.07, 6.45) is 0.949. The Hall–Kier alpha value is -2.84. The molecule has 0 aliphatic carbocycles. The van der Waals surface area contributed by atoms with Gasteiger partial charge in [0.1, 0.15) is 11.7 Å². The highest BCUT2D eigenvalue weighted by Gasteiger charge is 2.16. The van der Waals surface area contributed by atoms with Crippen molar-refractivity contribution in [3.63, 3.8) is 0 Å². The standard InChI is InChI=1S/C16H12N2O3/c1-10(19)11-6-7-15(18-9-11)21-16-12-4-2-3-5-13(12)20-14(16)8-17/h2-7,9-10,19H,1H3/t10-/m0/s1. The Morgan fingerprint density at radius 3 is 2.76 bits per heavy atom. The van der Waals surface area contributed by atoms with Gasteiger partial charge >= 0.3 is 0 Å². The van der Waals surface area contributed by atoms with E-state index >= 15 is 0 Å². The monoisotopic (exact) mass is 280 g/mol. The number of aliphatic hydroxyl groups is 1. The van der Waals surface area contributed by atoms with E-state index in [1.54, 1.807) is 25.1 Å². The molecule has 2 heterocycles. The molecule has 0 aliphatic heterocycles. The minimum Gasteiger partial charge on any atom is -0.442 e. The van der Waals surface area contributed by atoms with Crippen LogP contribution in [0.5, 0.6) is 11.6 Å². The highest BCUT2D eigenvalue weighted by atomic mass is 16.5. The molecule has 0 bridgehead atoms. The quantitative estimate of drug-likeness (QED) is 0.793. The van der Waals surface area contributed by atoms with E-state index in [9.17, 15) is 5.11 Å². The summed E-state index contributed by atoms with van der Waals surface area (Å²) < 4.78 is 11.1. The topological polar surface area (TPSA) is 79.3 Å². The summed E-state index contributed by atoms with van der Waals surface area (Å²) in [5.74, 6) is 0.797. The van der Waals surface area contributed by atoms with Crippen molar-refractivity contribution in [2.75, 3.05) is 0 Å². The molecule has 1 N–H and O–H groups in total. The minimum atomic E-state index is -0.587. The number of aromatic nitrogens is 1. The highest BCUT2D eigenvalue weighted by Crippen LogP contribution is 2.35. The molecule has 0 radical (unpaired) electrons. The summed E-state index contributed by atoms with van der Waals surface area (Å²) >= 11 is 0. The van der Waals surface area contributed by atoms with Crippen molar-refractivity contribution in [1.29, 1.82) is 5.26 Å². The van der Waals surface area contributed by atoms with Crippen LogP contribution in [0.1, 0.15) is 24.4 Å². The van der Waals surface area contributed by atoms with Crippen LogP contribution in [0.15, 0.2) is 47.0 Å². The molecule has 5 heteroatoms. The molecule has 0 amide bonds. The second kappa shape index (κ2) is 5.27. The predicted octanol–water partition coefficient (Wildman–Crippen LogP) is 3.55. The van der Waals surface area contributed by atoms with E-state index in [1.807, 2.05) is 24.3 Å². The first-order valence-corrected chi connectivity index (χ1v) is 6.42. The van der Waals surface area contributed by atoms with Gasteiger partial charge in [-0.05, 0) is 30.7 Å². The van der Waals surface area contributed by atoms with Crippen LogP contribution in [0.25, 0.3) is 11.0 Å². The number of aliphatic hydroxyl groups excluding tert-OH is 1. The van der Waals surface area contributed by atoms with E-state index in [2.05, 4.69) is 4.98 Å². The van der Waals surface area contributed by atoms with Gasteiger partial charge in [0.05, 0.1) is 11.5 Å². The number of benzene rings is 1. The number of rotatable bonds is 3. The predicted molar refractivity (Wildman–Crippen MR) is 75.9 cm³/mol. The van der Waals surface area contributed by atoms with Gasteiger partial charge in [0.25, 0.3) is 0 Å². The first kappa shape index (κ1) is 13.2. The van der Waals surface area contributed by atoms with Gasteiger partial charge in [0.15, 0.2) is 5.75 Å². The van der Waals surface area contributed by atoms with Crippen LogP contribution >= 0.6 is 0 Å². The average Bonchev–Trinajstić information content (AvgIpc) is 2.86. The van der Waals surface area contributed by atoms with Crippen molar-refractivity contribution in [1.82, 2.24) is 4.98 Å². The summed E-state index contributed by atoms with van der Waals surface area (Å²) in [6.45, 7) is 1.66. The van der Waals surface area contributed by atoms with Gasteiger partial charge in [0.2, 0.25) is 11.6 Å². The maximum absolute atomic E-state index is 9.46. The summed E-state index contributed by atoms with van der Waals surface area (Å²) in [4.78, 5) is 4.12. The van der Waals surface area contributed by atoms with Crippen LogP contribution in [0.4, 0.5) is 0 Å². The van der Waals surface area contributed by atoms with E-state index in [1.165, 1.54) is 6.20 Å². The number of ether oxygens (including phenoxy) is 1. The third kappa shape index (κ3) is 2.45. The number of hydrogen-bond donors (Lipinski definition) is 1. The number of fused-ring (bicyclic) bond motifs is 1. The van der Waals surface area contributed by atoms with Crippen molar-refractivity contribution >= 4 is 11.0 Å². The van der Waals surface area contributed by atoms with Gasteiger partial charge in [-0.25, -0.2) is 4.98 Å². The second-order valence-electron chi connectivity index (χ2n) is 4.58. The summed E-state index contributed by atoms with van der Waals surface area (Å²) in [6, 6.07) is 12.6. The molecule has 0 saturated carbocycles. The number of furan rings is 1. The Labute approximate surface area is 121 Å². The second-order valence-corrected chi connectivity index (χ2v) is 4.58. The molecule has 104 valence electrons. The molecule has 21 heavy (non-hydrogen) atoms. The third-order valence-electron chi connectivity index (χ3n) is 3.10. The zero-order valence-corrected chi connectivity index (χ0v) is 11.3. The van der Waals surface area contributed by atoms with Crippen molar-refractivity contribution in [2.24, 2.45) is 0 Å². The maximum Gasteiger partial charge on any atom is 0.247 e. The zero-order valence-electron chi connectivity index (χ0n) is 11.3. The summed E-state index contributed by atoms with van der Waals surface area (Å²) in [5.41, 5.74) is 1.28. The van der Waals surface area contributed by atoms with E-state index < -0.39 is 6.10 Å². The zero-order chi connectivity index (χ0) is 14.8. The fraction of sp³-hybridized carbons (Fsp3) is 0.125. The summed E-state index contributed by atoms with van der Waals surface area (Å²) in [5, 5.41) is 19.3. The van der Waals surface area contributed by atoms with Gasteiger partial charge in [-0.1, -0.05) is 12.1 Å². The molecule has 1 atom stereocenters. The largest absolute Gasteiger partial charge is 0.442 e. The Morgan fingerprint density at radius 2 is 2.10 bits per heavy atom. The lowest BCUT2D eigenvalue weighted by atomic mass is 10.2. The molecule has 0 unspecified atom stereocenters. The smallest absolute Gasteiger partial charge is 0.247 e. The average molecular weight is 280 g/mol. The van der Waals surface area contributed by atoms with E-state index in [-0.39, 0.29) is 5.76 Å². The summed E-state index contributed by atoms with van der Waals surface area (Å²) in [7, 11) is 0. The highest BCUT2D eigenvalue weighted by molar-refractivity contribution is 5.86. The molecule has 3 rings (SSSR count). The van der Waals surface area contributed by atoms with Crippen molar-refractivity contribution in [3.8, 4) is 17.7 Å².